The van der Waals surface area contributed by atoms with Gasteiger partial charge in [0.25, 0.3) is 0 Å². The van der Waals surface area contributed by atoms with Crippen LogP contribution in [-0.4, -0.2) is 32.8 Å². The molecule has 25 heavy (non-hydrogen) atoms. The average molecular weight is 412 g/mol. The maximum Gasteiger partial charge on any atom is 0.335 e. The molecule has 1 aromatic carbocycles. The standard InChI is InChI=1S/C13H15ClFN3O5S2/c1-2-6-25(21,22)16-7-12-17-18-13(23-12)24(19,20)8-9-10(14)4-3-5-11(9)15/h3-5,16H,2,6-8H2,1H3. The van der Waals surface area contributed by atoms with Crippen molar-refractivity contribution in [2.75, 3.05) is 5.75 Å². The molecule has 2 aromatic rings. The highest BCUT2D eigenvalue weighted by atomic mass is 35.5. The molecule has 0 atom stereocenters. The highest BCUT2D eigenvalue weighted by Gasteiger charge is 2.26. The van der Waals surface area contributed by atoms with E-state index in [2.05, 4.69) is 14.9 Å². The maximum atomic E-state index is 13.7. The molecule has 0 spiro atoms. The number of sulfone groups is 1. The lowest BCUT2D eigenvalue weighted by molar-refractivity contribution is 0.393. The van der Waals surface area contributed by atoms with E-state index in [1.807, 2.05) is 0 Å². The number of nitrogens with zero attached hydrogens (tertiary/aromatic N) is 2. The Hall–Kier alpha value is -1.56. The molecule has 0 unspecified atom stereocenters. The minimum absolute atomic E-state index is 0.0457. The van der Waals surface area contributed by atoms with Crippen LogP contribution in [0.3, 0.4) is 0 Å². The highest BCUT2D eigenvalue weighted by molar-refractivity contribution is 7.90. The summed E-state index contributed by atoms with van der Waals surface area (Å²) < 4.78 is 68.5. The summed E-state index contributed by atoms with van der Waals surface area (Å²) in [4.78, 5) is 0. The Balaban J connectivity index is 2.15. The summed E-state index contributed by atoms with van der Waals surface area (Å²) in [6.07, 6.45) is 0.419. The van der Waals surface area contributed by atoms with Gasteiger partial charge in [0.2, 0.25) is 25.8 Å². The quantitative estimate of drug-likeness (QED) is 0.701. The van der Waals surface area contributed by atoms with Crippen molar-refractivity contribution in [1.29, 1.82) is 0 Å². The SMILES string of the molecule is CCCS(=O)(=O)NCc1nnc(S(=O)(=O)Cc2c(F)cccc2Cl)o1. The van der Waals surface area contributed by atoms with Crippen molar-refractivity contribution in [2.24, 2.45) is 0 Å². The zero-order valence-corrected chi connectivity index (χ0v) is 15.5. The number of aromatic nitrogens is 2. The summed E-state index contributed by atoms with van der Waals surface area (Å²) in [5.41, 5.74) is -0.215. The largest absolute Gasteiger partial charge is 0.411 e. The third-order valence-electron chi connectivity index (χ3n) is 3.03. The fourth-order valence-corrected chi connectivity index (χ4v) is 4.39. The second kappa shape index (κ2) is 7.77. The van der Waals surface area contributed by atoms with Gasteiger partial charge in [-0.05, 0) is 18.6 Å². The van der Waals surface area contributed by atoms with Crippen molar-refractivity contribution in [3.63, 3.8) is 0 Å². The topological polar surface area (TPSA) is 119 Å². The predicted molar refractivity (Wildman–Crippen MR) is 87.5 cm³/mol. The second-order valence-electron chi connectivity index (χ2n) is 5.06. The van der Waals surface area contributed by atoms with Crippen molar-refractivity contribution in [3.8, 4) is 0 Å². The van der Waals surface area contributed by atoms with Gasteiger partial charge in [-0.3, -0.25) is 0 Å². The van der Waals surface area contributed by atoms with E-state index in [1.54, 1.807) is 6.92 Å². The number of halogens is 2. The third kappa shape index (κ3) is 5.21. The molecule has 0 saturated carbocycles. The normalized spacial score (nSPS) is 12.4. The van der Waals surface area contributed by atoms with Gasteiger partial charge in [-0.1, -0.05) is 29.7 Å². The van der Waals surface area contributed by atoms with Crippen LogP contribution >= 0.6 is 11.6 Å². The van der Waals surface area contributed by atoms with Gasteiger partial charge in [0.05, 0.1) is 18.1 Å². The minimum Gasteiger partial charge on any atom is -0.411 e. The van der Waals surface area contributed by atoms with E-state index < -0.39 is 36.7 Å². The number of nitrogens with one attached hydrogen (secondary N) is 1. The van der Waals surface area contributed by atoms with Gasteiger partial charge in [-0.25, -0.2) is 25.9 Å². The van der Waals surface area contributed by atoms with Crippen LogP contribution in [0.25, 0.3) is 0 Å². The molecule has 138 valence electrons. The summed E-state index contributed by atoms with van der Waals surface area (Å²) in [6.45, 7) is 1.36. The van der Waals surface area contributed by atoms with Crippen molar-refractivity contribution < 1.29 is 25.6 Å². The van der Waals surface area contributed by atoms with Crippen LogP contribution in [0.1, 0.15) is 24.8 Å². The molecule has 12 heteroatoms. The molecule has 1 heterocycles. The van der Waals surface area contributed by atoms with Crippen LogP contribution in [-0.2, 0) is 32.2 Å². The zero-order chi connectivity index (χ0) is 18.7. The first-order chi connectivity index (χ1) is 11.6. The van der Waals surface area contributed by atoms with E-state index >= 15 is 0 Å². The van der Waals surface area contributed by atoms with Gasteiger partial charge in [0, 0.05) is 10.6 Å². The first-order valence-electron chi connectivity index (χ1n) is 7.10. The summed E-state index contributed by atoms with van der Waals surface area (Å²) in [5, 5.41) is 6.08. The van der Waals surface area contributed by atoms with Crippen LogP contribution < -0.4 is 4.72 Å². The fourth-order valence-electron chi connectivity index (χ4n) is 1.87. The predicted octanol–water partition coefficient (Wildman–Crippen LogP) is 1.67. The van der Waals surface area contributed by atoms with Crippen molar-refractivity contribution in [2.45, 2.75) is 30.9 Å². The van der Waals surface area contributed by atoms with Crippen molar-refractivity contribution in [3.05, 3.63) is 40.5 Å². The Labute approximate surface area is 149 Å². The van der Waals surface area contributed by atoms with E-state index in [1.165, 1.54) is 12.1 Å². The Morgan fingerprint density at radius 2 is 1.96 bits per heavy atom. The van der Waals surface area contributed by atoms with E-state index in [9.17, 15) is 21.2 Å². The van der Waals surface area contributed by atoms with E-state index in [0.717, 1.165) is 6.07 Å². The third-order valence-corrected chi connectivity index (χ3v) is 6.28. The molecule has 0 bridgehead atoms. The molecule has 1 N–H and O–H groups in total. The Kier molecular flexibility index (Phi) is 6.14. The van der Waals surface area contributed by atoms with Gasteiger partial charge in [-0.15, -0.1) is 5.10 Å². The Bertz CT molecular complexity index is 940. The van der Waals surface area contributed by atoms with E-state index in [4.69, 9.17) is 16.0 Å². The van der Waals surface area contributed by atoms with E-state index in [0.29, 0.717) is 6.42 Å². The molecule has 0 fully saturated rings. The highest BCUT2D eigenvalue weighted by Crippen LogP contribution is 2.24. The molecule has 0 aliphatic rings. The minimum atomic E-state index is -4.14. The van der Waals surface area contributed by atoms with Crippen LogP contribution in [0.5, 0.6) is 0 Å². The van der Waals surface area contributed by atoms with Crippen LogP contribution in [0.15, 0.2) is 27.8 Å². The second-order valence-corrected chi connectivity index (χ2v) is 9.26. The molecule has 0 amide bonds. The smallest absolute Gasteiger partial charge is 0.335 e. The Morgan fingerprint density at radius 3 is 2.60 bits per heavy atom. The summed E-state index contributed by atoms with van der Waals surface area (Å²) in [5.74, 6) is -1.85. The van der Waals surface area contributed by atoms with Crippen LogP contribution in [0.4, 0.5) is 4.39 Å². The molecular weight excluding hydrogens is 397 g/mol. The first kappa shape index (κ1) is 19.8. The van der Waals surface area contributed by atoms with Gasteiger partial charge in [-0.2, -0.15) is 0 Å². The van der Waals surface area contributed by atoms with Crippen molar-refractivity contribution in [1.82, 2.24) is 14.9 Å². The molecule has 0 aliphatic heterocycles. The molecular formula is C13H15ClFN3O5S2. The summed E-state index contributed by atoms with van der Waals surface area (Å²) in [6, 6.07) is 3.79. The molecule has 8 nitrogen and oxygen atoms in total. The molecule has 2 rings (SSSR count). The lowest BCUT2D eigenvalue weighted by Gasteiger charge is -2.04. The lowest BCUT2D eigenvalue weighted by atomic mass is 10.2. The fraction of sp³-hybridized carbons (Fsp3) is 0.385. The first-order valence-corrected chi connectivity index (χ1v) is 10.8. The van der Waals surface area contributed by atoms with Crippen molar-refractivity contribution >= 4 is 31.5 Å². The molecule has 0 saturated heterocycles. The average Bonchev–Trinajstić information content (AvgIpc) is 2.99. The van der Waals surface area contributed by atoms with Crippen LogP contribution in [0, 0.1) is 5.82 Å². The van der Waals surface area contributed by atoms with Crippen LogP contribution in [0.2, 0.25) is 5.02 Å². The summed E-state index contributed by atoms with van der Waals surface area (Å²) in [7, 11) is -7.65. The number of hydrogen-bond acceptors (Lipinski definition) is 7. The zero-order valence-electron chi connectivity index (χ0n) is 13.1. The number of benzene rings is 1. The molecule has 0 aliphatic carbocycles. The lowest BCUT2D eigenvalue weighted by Crippen LogP contribution is -2.25. The number of sulfonamides is 1. The number of hydrogen-bond donors (Lipinski definition) is 1. The molecule has 1 aromatic heterocycles. The van der Waals surface area contributed by atoms with Gasteiger partial charge in [0.1, 0.15) is 5.82 Å². The van der Waals surface area contributed by atoms with Gasteiger partial charge in [0.15, 0.2) is 0 Å². The Morgan fingerprint density at radius 1 is 1.24 bits per heavy atom. The van der Waals surface area contributed by atoms with Gasteiger partial charge >= 0.3 is 5.22 Å². The van der Waals surface area contributed by atoms with E-state index in [-0.39, 0.29) is 28.8 Å². The monoisotopic (exact) mass is 411 g/mol. The number of rotatable bonds is 8. The maximum absolute atomic E-state index is 13.7. The van der Waals surface area contributed by atoms with Gasteiger partial charge < -0.3 is 4.42 Å². The summed E-state index contributed by atoms with van der Waals surface area (Å²) >= 11 is 5.81. The molecule has 0 radical (unpaired) electrons.